The summed E-state index contributed by atoms with van der Waals surface area (Å²) < 4.78 is 5.55. The van der Waals surface area contributed by atoms with Gasteiger partial charge in [0.2, 0.25) is 0 Å². The molecule has 0 aliphatic rings. The molecule has 0 bridgehead atoms. The molecule has 1 N–H and O–H groups in total. The van der Waals surface area contributed by atoms with E-state index in [1.165, 1.54) is 0 Å². The van der Waals surface area contributed by atoms with Crippen LogP contribution in [0.5, 0.6) is 5.75 Å². The summed E-state index contributed by atoms with van der Waals surface area (Å²) in [6.07, 6.45) is -0.662. The number of hydrogen-bond acceptors (Lipinski definition) is 2. The van der Waals surface area contributed by atoms with Gasteiger partial charge in [-0.25, -0.2) is 0 Å². The SMILES string of the molecule is C[C@H](Oc1cccc(Cl)c1Cl)C(=O)NCc1ccccc1. The lowest BCUT2D eigenvalue weighted by Gasteiger charge is -2.16. The van der Waals surface area contributed by atoms with Crippen molar-refractivity contribution in [3.8, 4) is 5.75 Å². The maximum atomic E-state index is 12.0. The summed E-state index contributed by atoms with van der Waals surface area (Å²) in [7, 11) is 0. The maximum absolute atomic E-state index is 12.0. The van der Waals surface area contributed by atoms with Crippen LogP contribution < -0.4 is 10.1 Å². The fourth-order valence-corrected chi connectivity index (χ4v) is 2.08. The zero-order valence-corrected chi connectivity index (χ0v) is 13.0. The summed E-state index contributed by atoms with van der Waals surface area (Å²) in [5.74, 6) is 0.182. The van der Waals surface area contributed by atoms with Gasteiger partial charge in [-0.2, -0.15) is 0 Å². The van der Waals surface area contributed by atoms with Gasteiger partial charge in [-0.05, 0) is 24.6 Å². The molecule has 2 aromatic carbocycles. The third kappa shape index (κ3) is 4.38. The lowest BCUT2D eigenvalue weighted by atomic mass is 10.2. The van der Waals surface area contributed by atoms with Crippen LogP contribution in [0.15, 0.2) is 48.5 Å². The second-order valence-corrected chi connectivity index (χ2v) is 5.30. The molecule has 2 aromatic rings. The molecule has 0 radical (unpaired) electrons. The molecule has 1 atom stereocenters. The van der Waals surface area contributed by atoms with Gasteiger partial charge in [-0.3, -0.25) is 4.79 Å². The van der Waals surface area contributed by atoms with Gasteiger partial charge < -0.3 is 10.1 Å². The van der Waals surface area contributed by atoms with Gasteiger partial charge in [0, 0.05) is 6.54 Å². The minimum Gasteiger partial charge on any atom is -0.479 e. The second-order valence-electron chi connectivity index (χ2n) is 4.52. The number of halogens is 2. The topological polar surface area (TPSA) is 38.3 Å². The van der Waals surface area contributed by atoms with Crippen LogP contribution in [-0.4, -0.2) is 12.0 Å². The molecule has 0 unspecified atom stereocenters. The molecular formula is C16H15Cl2NO2. The van der Waals surface area contributed by atoms with Gasteiger partial charge in [0.1, 0.15) is 10.8 Å². The molecule has 0 saturated heterocycles. The number of amides is 1. The van der Waals surface area contributed by atoms with Crippen LogP contribution in [0.4, 0.5) is 0 Å². The van der Waals surface area contributed by atoms with Crippen molar-refractivity contribution in [2.45, 2.75) is 19.6 Å². The maximum Gasteiger partial charge on any atom is 0.261 e. The molecule has 21 heavy (non-hydrogen) atoms. The Balaban J connectivity index is 1.92. The van der Waals surface area contributed by atoms with E-state index in [1.807, 2.05) is 30.3 Å². The fraction of sp³-hybridized carbons (Fsp3) is 0.188. The van der Waals surface area contributed by atoms with Crippen molar-refractivity contribution in [3.63, 3.8) is 0 Å². The van der Waals surface area contributed by atoms with Gasteiger partial charge in [-0.15, -0.1) is 0 Å². The normalized spacial score (nSPS) is 11.8. The predicted molar refractivity (Wildman–Crippen MR) is 84.8 cm³/mol. The number of carbonyl (C=O) groups is 1. The Morgan fingerprint density at radius 2 is 1.86 bits per heavy atom. The summed E-state index contributed by atoms with van der Waals surface area (Å²) in [5.41, 5.74) is 1.03. The highest BCUT2D eigenvalue weighted by molar-refractivity contribution is 6.42. The summed E-state index contributed by atoms with van der Waals surface area (Å²) >= 11 is 11.9. The zero-order chi connectivity index (χ0) is 15.2. The Morgan fingerprint density at radius 1 is 1.14 bits per heavy atom. The third-order valence-electron chi connectivity index (χ3n) is 2.90. The van der Waals surface area contributed by atoms with Crippen molar-refractivity contribution in [1.29, 1.82) is 0 Å². The molecule has 3 nitrogen and oxygen atoms in total. The van der Waals surface area contributed by atoms with E-state index in [1.54, 1.807) is 25.1 Å². The highest BCUT2D eigenvalue weighted by Crippen LogP contribution is 2.32. The van der Waals surface area contributed by atoms with Crippen LogP contribution in [0, 0.1) is 0 Å². The van der Waals surface area contributed by atoms with Crippen molar-refractivity contribution in [1.82, 2.24) is 5.32 Å². The Kier molecular flexibility index (Phi) is 5.48. The van der Waals surface area contributed by atoms with E-state index in [2.05, 4.69) is 5.32 Å². The number of rotatable bonds is 5. The molecule has 0 heterocycles. The van der Waals surface area contributed by atoms with Gasteiger partial charge in [0.25, 0.3) is 5.91 Å². The minimum atomic E-state index is -0.662. The largest absolute Gasteiger partial charge is 0.479 e. The molecule has 0 spiro atoms. The number of hydrogen-bond donors (Lipinski definition) is 1. The minimum absolute atomic E-state index is 0.213. The molecule has 0 saturated carbocycles. The molecule has 1 amide bonds. The van der Waals surface area contributed by atoms with Crippen molar-refractivity contribution in [3.05, 3.63) is 64.1 Å². The second kappa shape index (κ2) is 7.34. The van der Waals surface area contributed by atoms with E-state index in [4.69, 9.17) is 27.9 Å². The summed E-state index contributed by atoms with van der Waals surface area (Å²) in [6.45, 7) is 2.12. The molecule has 0 aliphatic carbocycles. The van der Waals surface area contributed by atoms with Crippen molar-refractivity contribution in [2.75, 3.05) is 0 Å². The Hall–Kier alpha value is -1.71. The lowest BCUT2D eigenvalue weighted by Crippen LogP contribution is -2.35. The van der Waals surface area contributed by atoms with Crippen LogP contribution in [0.1, 0.15) is 12.5 Å². The number of benzene rings is 2. The third-order valence-corrected chi connectivity index (χ3v) is 3.70. The Labute approximate surface area is 133 Å². The summed E-state index contributed by atoms with van der Waals surface area (Å²) in [4.78, 5) is 12.0. The summed E-state index contributed by atoms with van der Waals surface area (Å²) in [5, 5.41) is 3.51. The average molecular weight is 324 g/mol. The van der Waals surface area contributed by atoms with Crippen LogP contribution in [-0.2, 0) is 11.3 Å². The van der Waals surface area contributed by atoms with E-state index < -0.39 is 6.10 Å². The molecule has 110 valence electrons. The fourth-order valence-electron chi connectivity index (χ4n) is 1.75. The molecule has 2 rings (SSSR count). The van der Waals surface area contributed by atoms with Gasteiger partial charge in [-0.1, -0.05) is 59.6 Å². The van der Waals surface area contributed by atoms with Crippen LogP contribution >= 0.6 is 23.2 Å². The van der Waals surface area contributed by atoms with Crippen LogP contribution in [0.3, 0.4) is 0 Å². The first kappa shape index (κ1) is 15.7. The first-order valence-electron chi connectivity index (χ1n) is 6.50. The van der Waals surface area contributed by atoms with E-state index >= 15 is 0 Å². The number of carbonyl (C=O) groups excluding carboxylic acids is 1. The smallest absolute Gasteiger partial charge is 0.261 e. The van der Waals surface area contributed by atoms with Crippen molar-refractivity contribution in [2.24, 2.45) is 0 Å². The van der Waals surface area contributed by atoms with E-state index in [0.717, 1.165) is 5.56 Å². The van der Waals surface area contributed by atoms with Gasteiger partial charge in [0.15, 0.2) is 6.10 Å². The standard InChI is InChI=1S/C16H15Cl2NO2/c1-11(21-14-9-5-8-13(17)15(14)18)16(20)19-10-12-6-3-2-4-7-12/h2-9,11H,10H2,1H3,(H,19,20)/t11-/m0/s1. The van der Waals surface area contributed by atoms with Crippen molar-refractivity contribution >= 4 is 29.1 Å². The average Bonchev–Trinajstić information content (AvgIpc) is 2.50. The first-order chi connectivity index (χ1) is 10.1. The quantitative estimate of drug-likeness (QED) is 0.900. The van der Waals surface area contributed by atoms with E-state index in [9.17, 15) is 4.79 Å². The van der Waals surface area contributed by atoms with Gasteiger partial charge in [0.05, 0.1) is 5.02 Å². The first-order valence-corrected chi connectivity index (χ1v) is 7.26. The highest BCUT2D eigenvalue weighted by atomic mass is 35.5. The number of nitrogens with one attached hydrogen (secondary N) is 1. The molecular weight excluding hydrogens is 309 g/mol. The van der Waals surface area contributed by atoms with Gasteiger partial charge >= 0.3 is 0 Å². The Morgan fingerprint density at radius 3 is 2.57 bits per heavy atom. The Bertz CT molecular complexity index is 617. The molecule has 5 heteroatoms. The van der Waals surface area contributed by atoms with Crippen molar-refractivity contribution < 1.29 is 9.53 Å². The number of ether oxygens (including phenoxy) is 1. The van der Waals surface area contributed by atoms with E-state index in [-0.39, 0.29) is 5.91 Å². The van der Waals surface area contributed by atoms with Crippen LogP contribution in [0.25, 0.3) is 0 Å². The molecule has 0 aliphatic heterocycles. The zero-order valence-electron chi connectivity index (χ0n) is 11.5. The molecule has 0 fully saturated rings. The summed E-state index contributed by atoms with van der Waals surface area (Å²) in [6, 6.07) is 14.7. The highest BCUT2D eigenvalue weighted by Gasteiger charge is 2.16. The lowest BCUT2D eigenvalue weighted by molar-refractivity contribution is -0.127. The van der Waals surface area contributed by atoms with Crippen LogP contribution in [0.2, 0.25) is 10.0 Å². The monoisotopic (exact) mass is 323 g/mol. The predicted octanol–water partition coefficient (Wildman–Crippen LogP) is 4.08. The van der Waals surface area contributed by atoms with E-state index in [0.29, 0.717) is 22.3 Å². The molecule has 0 aromatic heterocycles.